The highest BCUT2D eigenvalue weighted by molar-refractivity contribution is 14.2. The number of aromatic amines is 1. The van der Waals surface area contributed by atoms with Crippen molar-refractivity contribution in [2.75, 3.05) is 27.4 Å². The maximum atomic E-state index is 12.2. The largest absolute Gasteiger partial charge is 0.481 e. The van der Waals surface area contributed by atoms with E-state index >= 15 is 0 Å². The van der Waals surface area contributed by atoms with E-state index in [1.807, 2.05) is 0 Å². The van der Waals surface area contributed by atoms with Crippen molar-refractivity contribution in [1.82, 2.24) is 9.97 Å². The molecule has 16 nitrogen and oxygen atoms in total. The molecule has 1 aromatic rings. The van der Waals surface area contributed by atoms with Crippen LogP contribution in [0.2, 0.25) is 0 Å². The molecule has 2 aliphatic rings. The van der Waals surface area contributed by atoms with Gasteiger partial charge in [0, 0.05) is 28.1 Å². The third-order valence-electron chi connectivity index (χ3n) is 3.97. The van der Waals surface area contributed by atoms with E-state index in [4.69, 9.17) is 20.3 Å². The Morgan fingerprint density at radius 1 is 1.33 bits per heavy atom. The number of phosphoric acid groups is 2. The van der Waals surface area contributed by atoms with Gasteiger partial charge in [-0.15, -0.1) is 0 Å². The maximum absolute atomic E-state index is 12.2. The number of anilines is 3. The number of phosphoric ester groups is 1. The summed E-state index contributed by atoms with van der Waals surface area (Å²) in [6.45, 7) is -0.844. The van der Waals surface area contributed by atoms with Crippen molar-refractivity contribution in [1.29, 1.82) is 0 Å². The second-order valence-electron chi connectivity index (χ2n) is 6.09. The molecule has 0 amide bonds. The molecule has 0 radical (unpaired) electrons. The van der Waals surface area contributed by atoms with Gasteiger partial charge in [-0.05, 0) is 0 Å². The Balaban J connectivity index is 1.80. The van der Waals surface area contributed by atoms with Crippen LogP contribution in [0.5, 0.6) is 0 Å². The highest BCUT2D eigenvalue weighted by Crippen LogP contribution is 2.57. The predicted molar refractivity (Wildman–Crippen MR) is 110 cm³/mol. The van der Waals surface area contributed by atoms with E-state index in [1.165, 1.54) is 4.90 Å². The molecular weight excluding hydrogens is 567 g/mol. The zero-order chi connectivity index (χ0) is 22.4. The summed E-state index contributed by atoms with van der Waals surface area (Å²) in [7, 11) is -8.82. The number of hydrogen-bond donors (Lipinski definition) is 7. The van der Waals surface area contributed by atoms with Gasteiger partial charge in [0.15, 0.2) is 17.7 Å². The average Bonchev–Trinajstić information content (AvgIpc) is 2.86. The Morgan fingerprint density at radius 2 is 2.00 bits per heavy atom. The molecule has 0 aromatic carbocycles. The second-order valence-corrected chi connectivity index (χ2v) is 11.5. The smallest absolute Gasteiger partial charge is 0.387 e. The number of halogens is 1. The molecular formula is C11H18IN5O11P2. The lowest BCUT2D eigenvalue weighted by Crippen LogP contribution is -2.46. The number of H-pyrrole nitrogens is 1. The number of aliphatic hydroxyl groups excluding tert-OH is 2. The number of nitrogen functional groups attached to an aromatic ring is 1. The van der Waals surface area contributed by atoms with E-state index in [1.54, 1.807) is 14.3 Å². The first kappa shape index (κ1) is 23.7. The summed E-state index contributed by atoms with van der Waals surface area (Å²) < 4.78 is 39.2. The minimum absolute atomic E-state index is 0.0696. The number of nitrogens with two attached hydrogens (primary N) is 1. The first-order valence-corrected chi connectivity index (χ1v) is 13.2. The maximum Gasteiger partial charge on any atom is 0.481 e. The number of aromatic nitrogens is 2. The molecule has 1 aromatic heterocycles. The molecule has 30 heavy (non-hydrogen) atoms. The van der Waals surface area contributed by atoms with Crippen LogP contribution >= 0.6 is 36.6 Å². The molecule has 0 bridgehead atoms. The van der Waals surface area contributed by atoms with Gasteiger partial charge in [-0.1, -0.05) is 0 Å². The summed E-state index contributed by atoms with van der Waals surface area (Å²) in [6.07, 6.45) is -5.80. The fraction of sp³-hybridized carbons (Fsp3) is 0.545. The lowest BCUT2D eigenvalue weighted by Gasteiger charge is -2.33. The normalized spacial score (nSPS) is 28.7. The molecule has 19 heteroatoms. The molecule has 1 fully saturated rings. The van der Waals surface area contributed by atoms with Gasteiger partial charge < -0.3 is 38.5 Å². The van der Waals surface area contributed by atoms with E-state index in [0.717, 1.165) is 0 Å². The third kappa shape index (κ3) is 5.08. The molecule has 0 spiro atoms. The molecule has 170 valence electrons. The van der Waals surface area contributed by atoms with Crippen LogP contribution in [-0.4, -0.2) is 77.2 Å². The molecule has 5 atom stereocenters. The first-order chi connectivity index (χ1) is 13.8. The van der Waals surface area contributed by atoms with Crippen molar-refractivity contribution in [3.8, 4) is 0 Å². The Bertz CT molecular complexity index is 1000. The van der Waals surface area contributed by atoms with E-state index in [2.05, 4.69) is 18.8 Å². The topological polar surface area (TPSA) is 241 Å². The number of fused-ring (bicyclic) bond motifs is 1. The zero-order valence-electron chi connectivity index (χ0n) is 15.0. The molecule has 3 heterocycles. The highest BCUT2D eigenvalue weighted by Gasteiger charge is 2.48. The van der Waals surface area contributed by atoms with Crippen LogP contribution in [0, 0.1) is 0 Å². The minimum Gasteiger partial charge on any atom is -0.387 e. The predicted octanol–water partition coefficient (Wildman–Crippen LogP) is -2.07. The summed E-state index contributed by atoms with van der Waals surface area (Å²) in [4.78, 5) is 46.5. The monoisotopic (exact) mass is 585 g/mol. The lowest BCUT2D eigenvalue weighted by atomic mass is 10.1. The summed E-state index contributed by atoms with van der Waals surface area (Å²) in [5.74, 6) is -0.116. The first-order valence-electron chi connectivity index (χ1n) is 7.94. The summed E-state index contributed by atoms with van der Waals surface area (Å²) in [6, 6.07) is 0. The van der Waals surface area contributed by atoms with Crippen LogP contribution in [0.25, 0.3) is 0 Å². The Labute approximate surface area is 178 Å². The number of nitrogens with one attached hydrogen (secondary N) is 1. The van der Waals surface area contributed by atoms with Crippen LogP contribution in [-0.2, 0) is 22.7 Å². The van der Waals surface area contributed by atoms with Gasteiger partial charge in [-0.25, -0.2) is 9.13 Å². The highest BCUT2D eigenvalue weighted by atomic mass is 127. The summed E-state index contributed by atoms with van der Waals surface area (Å²) >= 11 is -0.876. The molecule has 3 rings (SSSR count). The van der Waals surface area contributed by atoms with Gasteiger partial charge in [0.25, 0.3) is 5.56 Å². The Hall–Kier alpha value is -0.980. The van der Waals surface area contributed by atoms with Gasteiger partial charge in [0.2, 0.25) is 5.95 Å². The van der Waals surface area contributed by atoms with Gasteiger partial charge in [0.1, 0.15) is 18.3 Å². The van der Waals surface area contributed by atoms with E-state index in [9.17, 15) is 29.0 Å². The summed E-state index contributed by atoms with van der Waals surface area (Å²) in [5, 5.41) is 20.6. The molecule has 0 saturated carbocycles. The van der Waals surface area contributed by atoms with Crippen LogP contribution in [0.4, 0.5) is 17.5 Å². The van der Waals surface area contributed by atoms with Crippen LogP contribution in [0.1, 0.15) is 0 Å². The Kier molecular flexibility index (Phi) is 6.72. The quantitative estimate of drug-likeness (QED) is 0.108. The number of rotatable bonds is 6. The number of aliphatic hydroxyl groups is 2. The van der Waals surface area contributed by atoms with Crippen molar-refractivity contribution >= 4 is 58.2 Å². The molecule has 3 unspecified atom stereocenters. The molecule has 0 aliphatic carbocycles. The number of ether oxygens (including phenoxy) is 1. The van der Waals surface area contributed by atoms with Gasteiger partial charge >= 0.3 is 15.6 Å². The minimum atomic E-state index is -5.32. The van der Waals surface area contributed by atoms with Crippen LogP contribution in [0.3, 0.4) is 0 Å². The van der Waals surface area contributed by atoms with Crippen LogP contribution in [0.15, 0.2) is 4.79 Å². The number of hydrogen-bond acceptors (Lipinski definition) is 12. The van der Waals surface area contributed by atoms with Crippen molar-refractivity contribution in [3.05, 3.63) is 10.4 Å². The average molecular weight is 585 g/mol. The SMILES string of the molecule is CN1I=CN([C@@H]2O[C@H](COP(=O)(O)OP(=O)(O)O)C(O)C2O)c2nc(N)[nH]c(=O)c21. The van der Waals surface area contributed by atoms with Gasteiger partial charge in [0.05, 0.1) is 10.7 Å². The fourth-order valence-corrected chi connectivity index (χ4v) is 6.27. The van der Waals surface area contributed by atoms with Crippen molar-refractivity contribution in [3.63, 3.8) is 0 Å². The molecule has 8 N–H and O–H groups in total. The summed E-state index contributed by atoms with van der Waals surface area (Å²) in [5.41, 5.74) is 5.27. The van der Waals surface area contributed by atoms with E-state index in [-0.39, 0.29) is 17.5 Å². The molecule has 2 aliphatic heterocycles. The standard InChI is InChI=1S/C11H18IN5O11P2/c1-16-5-8(14-11(13)15-9(5)20)17(3-12-16)10-7(19)6(18)4(27-10)2-26-30(24,25)28-29(21,22)23/h3-4,6-7,10,18-19H,2H2,1H3,(H,24,25)(H2,21,22,23)(H3,13,14,15,20)/t4-,6?,7?,10-/m1/s1. The lowest BCUT2D eigenvalue weighted by molar-refractivity contribution is -0.0186. The molecule has 1 saturated heterocycles. The van der Waals surface area contributed by atoms with Gasteiger partial charge in [-0.3, -0.25) is 19.2 Å². The zero-order valence-corrected chi connectivity index (χ0v) is 18.9. The Morgan fingerprint density at radius 3 is 2.63 bits per heavy atom. The number of nitrogens with zero attached hydrogens (tertiary/aromatic N) is 3. The van der Waals surface area contributed by atoms with Crippen molar-refractivity contribution < 1.29 is 47.6 Å². The fourth-order valence-electron chi connectivity index (χ4n) is 2.74. The van der Waals surface area contributed by atoms with Crippen molar-refractivity contribution in [2.45, 2.75) is 24.5 Å². The third-order valence-corrected chi connectivity index (χ3v) is 8.28. The van der Waals surface area contributed by atoms with Crippen molar-refractivity contribution in [2.24, 2.45) is 0 Å². The van der Waals surface area contributed by atoms with E-state index in [0.29, 0.717) is 0 Å². The van der Waals surface area contributed by atoms with Crippen LogP contribution < -0.4 is 19.3 Å². The van der Waals surface area contributed by atoms with Gasteiger partial charge in [-0.2, -0.15) is 9.29 Å². The van der Waals surface area contributed by atoms with E-state index < -0.39 is 73.4 Å². The second kappa shape index (κ2) is 8.51.